The number of hydrogen-bond acceptors (Lipinski definition) is 5. The summed E-state index contributed by atoms with van der Waals surface area (Å²) in [6.45, 7) is 3.41. The second kappa shape index (κ2) is 7.40. The Balaban J connectivity index is 1.71. The standard InChI is InChI=1S/C18H26N2O4/c1-19-16(21)11-18(22)7-3-8-20(13-18)12-14-5-2-6-15-17(14)24-10-4-9-23-15/h2,5-6,22H,3-4,7-13H2,1H3,(H,19,21). The summed E-state index contributed by atoms with van der Waals surface area (Å²) in [6, 6.07) is 5.95. The summed E-state index contributed by atoms with van der Waals surface area (Å²) < 4.78 is 11.6. The van der Waals surface area contributed by atoms with E-state index in [0.717, 1.165) is 36.4 Å². The van der Waals surface area contributed by atoms with Crippen molar-refractivity contribution in [1.29, 1.82) is 0 Å². The third-order valence-corrected chi connectivity index (χ3v) is 4.65. The first-order valence-electron chi connectivity index (χ1n) is 8.62. The Bertz CT molecular complexity index is 592. The Kier molecular flexibility index (Phi) is 5.26. The van der Waals surface area contributed by atoms with Crippen LogP contribution in [0.3, 0.4) is 0 Å². The smallest absolute Gasteiger partial charge is 0.222 e. The molecule has 2 N–H and O–H groups in total. The number of aliphatic hydroxyl groups is 1. The molecule has 24 heavy (non-hydrogen) atoms. The molecule has 0 aliphatic carbocycles. The maximum atomic E-state index is 11.7. The Hall–Kier alpha value is -1.79. The second-order valence-corrected chi connectivity index (χ2v) is 6.68. The number of ether oxygens (including phenoxy) is 2. The van der Waals surface area contributed by atoms with Crippen LogP contribution in [0.15, 0.2) is 18.2 Å². The van der Waals surface area contributed by atoms with E-state index in [-0.39, 0.29) is 12.3 Å². The lowest BCUT2D eigenvalue weighted by Crippen LogP contribution is -2.49. The molecule has 132 valence electrons. The number of β-amino-alcohol motifs (C(OH)–C–C–N with tert-alkyl or cyclic N) is 1. The lowest BCUT2D eigenvalue weighted by molar-refractivity contribution is -0.128. The fourth-order valence-electron chi connectivity index (χ4n) is 3.49. The van der Waals surface area contributed by atoms with Crippen LogP contribution in [-0.4, -0.2) is 54.9 Å². The summed E-state index contributed by atoms with van der Waals surface area (Å²) in [5.74, 6) is 1.49. The summed E-state index contributed by atoms with van der Waals surface area (Å²) >= 11 is 0. The van der Waals surface area contributed by atoms with Crippen LogP contribution in [0.1, 0.15) is 31.2 Å². The minimum atomic E-state index is -0.957. The molecule has 2 heterocycles. The highest BCUT2D eigenvalue weighted by Gasteiger charge is 2.35. The quantitative estimate of drug-likeness (QED) is 0.869. The zero-order valence-corrected chi connectivity index (χ0v) is 14.2. The Morgan fingerprint density at radius 3 is 3.00 bits per heavy atom. The van der Waals surface area contributed by atoms with Gasteiger partial charge in [0.15, 0.2) is 11.5 Å². The molecule has 1 unspecified atom stereocenters. The molecule has 1 atom stereocenters. The van der Waals surface area contributed by atoms with Crippen LogP contribution in [0.4, 0.5) is 0 Å². The predicted octanol–water partition coefficient (Wildman–Crippen LogP) is 1.31. The van der Waals surface area contributed by atoms with Gasteiger partial charge in [0.2, 0.25) is 5.91 Å². The van der Waals surface area contributed by atoms with Gasteiger partial charge in [-0.1, -0.05) is 12.1 Å². The first kappa shape index (κ1) is 17.0. The summed E-state index contributed by atoms with van der Waals surface area (Å²) in [7, 11) is 1.60. The number of nitrogens with zero attached hydrogens (tertiary/aromatic N) is 1. The van der Waals surface area contributed by atoms with Gasteiger partial charge in [-0.3, -0.25) is 9.69 Å². The van der Waals surface area contributed by atoms with Crippen molar-refractivity contribution in [2.45, 2.75) is 37.8 Å². The number of nitrogens with one attached hydrogen (secondary N) is 1. The Morgan fingerprint density at radius 1 is 1.33 bits per heavy atom. The van der Waals surface area contributed by atoms with E-state index < -0.39 is 5.60 Å². The van der Waals surface area contributed by atoms with Crippen LogP contribution in [0.5, 0.6) is 11.5 Å². The van der Waals surface area contributed by atoms with Gasteiger partial charge < -0.3 is 19.9 Å². The van der Waals surface area contributed by atoms with E-state index in [2.05, 4.69) is 10.2 Å². The van der Waals surface area contributed by atoms with Crippen LogP contribution in [0.25, 0.3) is 0 Å². The van der Waals surface area contributed by atoms with Gasteiger partial charge in [0.25, 0.3) is 0 Å². The monoisotopic (exact) mass is 334 g/mol. The largest absolute Gasteiger partial charge is 0.490 e. The molecule has 0 spiro atoms. The topological polar surface area (TPSA) is 71.0 Å². The number of piperidine rings is 1. The fourth-order valence-corrected chi connectivity index (χ4v) is 3.49. The maximum absolute atomic E-state index is 11.7. The number of carbonyl (C=O) groups excluding carboxylic acids is 1. The van der Waals surface area contributed by atoms with Crippen molar-refractivity contribution < 1.29 is 19.4 Å². The molecule has 1 aromatic rings. The molecule has 0 bridgehead atoms. The number of para-hydroxylation sites is 1. The molecule has 1 fully saturated rings. The van der Waals surface area contributed by atoms with Gasteiger partial charge >= 0.3 is 0 Å². The SMILES string of the molecule is CNC(=O)CC1(O)CCCN(Cc2cccc3c2OCCCO3)C1. The summed E-state index contributed by atoms with van der Waals surface area (Å²) in [4.78, 5) is 13.8. The summed E-state index contributed by atoms with van der Waals surface area (Å²) in [5.41, 5.74) is 0.111. The van der Waals surface area contributed by atoms with Crippen LogP contribution < -0.4 is 14.8 Å². The molecule has 0 saturated carbocycles. The van der Waals surface area contributed by atoms with Crippen LogP contribution in [0.2, 0.25) is 0 Å². The van der Waals surface area contributed by atoms with Crippen molar-refractivity contribution in [3.8, 4) is 11.5 Å². The zero-order chi connectivity index (χ0) is 17.0. The summed E-state index contributed by atoms with van der Waals surface area (Å²) in [6.07, 6.45) is 2.56. The van der Waals surface area contributed by atoms with Gasteiger partial charge in [-0.25, -0.2) is 0 Å². The number of benzene rings is 1. The lowest BCUT2D eigenvalue weighted by atomic mass is 9.89. The molecule has 0 aromatic heterocycles. The molecule has 1 amide bonds. The highest BCUT2D eigenvalue weighted by molar-refractivity contribution is 5.76. The molecule has 1 aromatic carbocycles. The van der Waals surface area contributed by atoms with Gasteiger partial charge in [-0.15, -0.1) is 0 Å². The van der Waals surface area contributed by atoms with Crippen molar-refractivity contribution in [3.63, 3.8) is 0 Å². The van der Waals surface area contributed by atoms with E-state index in [0.29, 0.717) is 32.7 Å². The molecule has 2 aliphatic heterocycles. The average Bonchev–Trinajstić information content (AvgIpc) is 2.80. The van der Waals surface area contributed by atoms with Gasteiger partial charge in [0.05, 0.1) is 25.2 Å². The number of rotatable bonds is 4. The van der Waals surface area contributed by atoms with E-state index in [4.69, 9.17) is 9.47 Å². The normalized spacial score (nSPS) is 24.2. The lowest BCUT2D eigenvalue weighted by Gasteiger charge is -2.39. The van der Waals surface area contributed by atoms with Crippen LogP contribution in [0, 0.1) is 0 Å². The minimum absolute atomic E-state index is 0.121. The number of amides is 1. The third-order valence-electron chi connectivity index (χ3n) is 4.65. The van der Waals surface area contributed by atoms with E-state index in [1.54, 1.807) is 7.05 Å². The molecular weight excluding hydrogens is 308 g/mol. The number of hydrogen-bond donors (Lipinski definition) is 2. The van der Waals surface area contributed by atoms with Crippen molar-refractivity contribution in [2.75, 3.05) is 33.4 Å². The maximum Gasteiger partial charge on any atom is 0.222 e. The number of carbonyl (C=O) groups is 1. The third kappa shape index (κ3) is 3.99. The highest BCUT2D eigenvalue weighted by atomic mass is 16.5. The van der Waals surface area contributed by atoms with Gasteiger partial charge in [0, 0.05) is 32.1 Å². The molecule has 1 saturated heterocycles. The van der Waals surface area contributed by atoms with Crippen LogP contribution >= 0.6 is 0 Å². The van der Waals surface area contributed by atoms with Crippen molar-refractivity contribution in [1.82, 2.24) is 10.2 Å². The van der Waals surface area contributed by atoms with E-state index in [1.807, 2.05) is 18.2 Å². The van der Waals surface area contributed by atoms with Gasteiger partial charge in [-0.2, -0.15) is 0 Å². The first-order chi connectivity index (χ1) is 11.6. The number of likely N-dealkylation sites (tertiary alicyclic amines) is 1. The molecule has 6 nitrogen and oxygen atoms in total. The first-order valence-corrected chi connectivity index (χ1v) is 8.62. The van der Waals surface area contributed by atoms with E-state index in [9.17, 15) is 9.90 Å². The van der Waals surface area contributed by atoms with E-state index in [1.165, 1.54) is 0 Å². The highest BCUT2D eigenvalue weighted by Crippen LogP contribution is 2.35. The second-order valence-electron chi connectivity index (χ2n) is 6.68. The van der Waals surface area contributed by atoms with Gasteiger partial charge in [-0.05, 0) is 25.5 Å². The van der Waals surface area contributed by atoms with E-state index >= 15 is 0 Å². The van der Waals surface area contributed by atoms with Gasteiger partial charge in [0.1, 0.15) is 0 Å². The number of fused-ring (bicyclic) bond motifs is 1. The van der Waals surface area contributed by atoms with Crippen molar-refractivity contribution in [3.05, 3.63) is 23.8 Å². The molecule has 0 radical (unpaired) electrons. The molecular formula is C18H26N2O4. The summed E-state index contributed by atoms with van der Waals surface area (Å²) in [5, 5.41) is 13.3. The Morgan fingerprint density at radius 2 is 2.17 bits per heavy atom. The molecule has 2 aliphatic rings. The van der Waals surface area contributed by atoms with Crippen LogP contribution in [-0.2, 0) is 11.3 Å². The molecule has 6 heteroatoms. The zero-order valence-electron chi connectivity index (χ0n) is 14.2. The fraction of sp³-hybridized carbons (Fsp3) is 0.611. The molecule has 3 rings (SSSR count). The van der Waals surface area contributed by atoms with Crippen molar-refractivity contribution in [2.24, 2.45) is 0 Å². The minimum Gasteiger partial charge on any atom is -0.490 e. The predicted molar refractivity (Wildman–Crippen MR) is 90.2 cm³/mol. The average molecular weight is 334 g/mol. The van der Waals surface area contributed by atoms with Crippen molar-refractivity contribution >= 4 is 5.91 Å². The Labute approximate surface area is 142 Å².